The average Bonchev–Trinajstić information content (AvgIpc) is 4.05. The standard InChI is InChI=1S/C8H16N2O.C8H18N2.C8H15NO.C6H10N2O.C6H10N2.C5H13NO2S.2C5H11NO/c1-6(2)8(11)10-7-3-4-9-5-7;1-8(2)7-10-5-3-9-4-6-10;1-6(2)8(10)9-7-4-3-5-7;1-4(2)6-7-5(3)9-8-6;1-6(2)8-5-3-4-7-8;1-5(2)9(7,8)6(3)4;2*1-4(2)6-5(3)7/h6-7,9H,3-5H2,1-2H3,(H,10,11);8-9H,3-7H2,1-2H3;6-7H,3-5H2,1-2H3,(H,9,10);4H,1-3H3;3-6H,1-2H3;5H,1-4H3;2*4H,1-3H3,(H,6,7). The van der Waals surface area contributed by atoms with Crippen LogP contribution in [0, 0.1) is 24.7 Å². The van der Waals surface area contributed by atoms with E-state index in [1.807, 2.05) is 86.2 Å². The molecule has 2 saturated heterocycles. The summed E-state index contributed by atoms with van der Waals surface area (Å²) < 4.78 is 29.8. The van der Waals surface area contributed by atoms with Gasteiger partial charge in [-0.3, -0.25) is 23.9 Å². The maximum Gasteiger partial charge on any atom is 0.223 e. The Hall–Kier alpha value is -3.98. The van der Waals surface area contributed by atoms with Crippen molar-refractivity contribution >= 4 is 33.7 Å². The number of sulfonamides is 1. The van der Waals surface area contributed by atoms with E-state index in [-0.39, 0.29) is 52.8 Å². The number of rotatable bonds is 12. The van der Waals surface area contributed by atoms with Crippen LogP contribution in [0.3, 0.4) is 0 Å². The monoisotopic (exact) mass is 1030 g/mol. The molecule has 1 aliphatic carbocycles. The minimum Gasteiger partial charge on any atom is -0.354 e. The lowest BCUT2D eigenvalue weighted by Crippen LogP contribution is -2.44. The van der Waals surface area contributed by atoms with E-state index in [0.29, 0.717) is 29.9 Å². The molecule has 1 atom stereocenters. The van der Waals surface area contributed by atoms with E-state index in [2.05, 4.69) is 79.7 Å². The number of aromatic nitrogens is 4. The van der Waals surface area contributed by atoms with Crippen LogP contribution in [0.25, 0.3) is 0 Å². The number of piperazine rings is 1. The van der Waals surface area contributed by atoms with Gasteiger partial charge in [0, 0.05) is 134 Å². The molecule has 5 rings (SSSR count). The van der Waals surface area contributed by atoms with E-state index < -0.39 is 10.0 Å². The minimum atomic E-state index is -2.98. The third-order valence-electron chi connectivity index (χ3n) is 9.94. The van der Waals surface area contributed by atoms with Crippen LogP contribution in [0.1, 0.15) is 174 Å². The smallest absolute Gasteiger partial charge is 0.223 e. The van der Waals surface area contributed by atoms with E-state index >= 15 is 0 Å². The summed E-state index contributed by atoms with van der Waals surface area (Å²) in [6.07, 6.45) is 8.46. The van der Waals surface area contributed by atoms with Gasteiger partial charge in [0.15, 0.2) is 5.82 Å². The quantitative estimate of drug-likeness (QED) is 0.137. The first-order valence-corrected chi connectivity index (χ1v) is 27.3. The first-order chi connectivity index (χ1) is 32.8. The van der Waals surface area contributed by atoms with Gasteiger partial charge >= 0.3 is 0 Å². The Morgan fingerprint density at radius 1 is 0.746 bits per heavy atom. The molecule has 4 heterocycles. The molecular weight excluding hydrogens is 925 g/mol. The molecule has 6 N–H and O–H groups in total. The van der Waals surface area contributed by atoms with Crippen molar-refractivity contribution in [2.45, 2.75) is 199 Å². The Morgan fingerprint density at radius 3 is 1.46 bits per heavy atom. The van der Waals surface area contributed by atoms with Crippen LogP contribution in [0.2, 0.25) is 0 Å². The molecule has 0 bridgehead atoms. The molecule has 2 aromatic rings. The zero-order chi connectivity index (χ0) is 55.4. The highest BCUT2D eigenvalue weighted by Gasteiger charge is 2.21. The summed E-state index contributed by atoms with van der Waals surface area (Å²) in [4.78, 5) is 49.0. The van der Waals surface area contributed by atoms with Crippen LogP contribution in [-0.4, -0.2) is 150 Å². The molecule has 0 radical (unpaired) electrons. The number of nitrogens with zero attached hydrogens (tertiary/aromatic N) is 6. The van der Waals surface area contributed by atoms with Crippen LogP contribution in [0.5, 0.6) is 0 Å². The average molecular weight is 1030 g/mol. The van der Waals surface area contributed by atoms with Crippen LogP contribution < -0.4 is 31.9 Å². The summed E-state index contributed by atoms with van der Waals surface area (Å²) in [5, 5.41) is 25.3. The minimum absolute atomic E-state index is 0.0370. The second-order valence-corrected chi connectivity index (χ2v) is 23.3. The number of hydrogen-bond acceptors (Lipinski definition) is 13. The summed E-state index contributed by atoms with van der Waals surface area (Å²) in [7, 11) is 0.0926. The number of amides is 4. The summed E-state index contributed by atoms with van der Waals surface area (Å²) in [5.41, 5.74) is 0. The summed E-state index contributed by atoms with van der Waals surface area (Å²) in [6, 6.07) is 3.83. The Kier molecular flexibility index (Phi) is 40.7. The first-order valence-electron chi connectivity index (χ1n) is 25.8. The summed E-state index contributed by atoms with van der Waals surface area (Å²) in [5.74, 6) is 3.29. The maximum absolute atomic E-state index is 11.2. The van der Waals surface area contributed by atoms with Gasteiger partial charge in [-0.15, -0.1) is 0 Å². The lowest BCUT2D eigenvalue weighted by Gasteiger charge is -2.28. The highest BCUT2D eigenvalue weighted by atomic mass is 32.2. The van der Waals surface area contributed by atoms with Gasteiger partial charge in [0.25, 0.3) is 0 Å². The van der Waals surface area contributed by atoms with Crippen molar-refractivity contribution in [2.24, 2.45) is 17.8 Å². The Bertz CT molecular complexity index is 1710. The number of hydrogen-bond donors (Lipinski definition) is 6. The van der Waals surface area contributed by atoms with E-state index in [1.54, 1.807) is 27.0 Å². The zero-order valence-corrected chi connectivity index (χ0v) is 49.0. The number of nitrogens with one attached hydrogen (secondary N) is 6. The topological polar surface area (TPSA) is 238 Å². The predicted octanol–water partition coefficient (Wildman–Crippen LogP) is 6.29. The molecule has 3 aliphatic rings. The van der Waals surface area contributed by atoms with Gasteiger partial charge in [-0.05, 0) is 99.6 Å². The van der Waals surface area contributed by atoms with Gasteiger partial charge < -0.3 is 41.3 Å². The van der Waals surface area contributed by atoms with Gasteiger partial charge in [-0.1, -0.05) is 60.5 Å². The second kappa shape index (κ2) is 40.5. The van der Waals surface area contributed by atoms with Crippen molar-refractivity contribution in [3.05, 3.63) is 30.2 Å². The van der Waals surface area contributed by atoms with E-state index in [4.69, 9.17) is 4.52 Å². The molecule has 71 heavy (non-hydrogen) atoms. The lowest BCUT2D eigenvalue weighted by atomic mass is 9.93. The first kappa shape index (κ1) is 71.3. The van der Waals surface area contributed by atoms with Crippen molar-refractivity contribution in [1.82, 2.24) is 61.0 Å². The SMILES string of the molecule is CC(=O)NC(C)C.CC(=O)NC(C)C.CC(C)C(=O)NC1CCC1.CC(C)C(=O)NC1CCNC1.CC(C)CN1CCNCC1.CC(C)S(=O)(=O)N(C)C.CC(C)n1cccn1.Cc1nc(C(C)C)no1. The molecule has 1 unspecified atom stereocenters. The third kappa shape index (κ3) is 41.2. The normalized spacial score (nSPS) is 15.4. The van der Waals surface area contributed by atoms with Crippen molar-refractivity contribution < 1.29 is 32.1 Å². The molecule has 4 amide bonds. The summed E-state index contributed by atoms with van der Waals surface area (Å²) in [6.45, 7) is 44.4. The van der Waals surface area contributed by atoms with Crippen LogP contribution in [0.4, 0.5) is 0 Å². The van der Waals surface area contributed by atoms with E-state index in [9.17, 15) is 27.6 Å². The molecule has 20 heteroatoms. The van der Waals surface area contributed by atoms with Crippen LogP contribution >= 0.6 is 0 Å². The maximum atomic E-state index is 11.2. The Labute approximate surface area is 431 Å². The molecular formula is C51H104N12O7S. The van der Waals surface area contributed by atoms with E-state index in [1.165, 1.54) is 84.2 Å². The second-order valence-electron chi connectivity index (χ2n) is 20.6. The van der Waals surface area contributed by atoms with Crippen LogP contribution in [0.15, 0.2) is 23.0 Å². The van der Waals surface area contributed by atoms with Crippen molar-refractivity contribution in [3.8, 4) is 0 Å². The zero-order valence-electron chi connectivity index (χ0n) is 48.2. The van der Waals surface area contributed by atoms with Crippen molar-refractivity contribution in [2.75, 3.05) is 59.9 Å². The number of carbonyl (C=O) groups excluding carboxylic acids is 4. The summed E-state index contributed by atoms with van der Waals surface area (Å²) >= 11 is 0. The molecule has 2 aliphatic heterocycles. The molecule has 19 nitrogen and oxygen atoms in total. The van der Waals surface area contributed by atoms with Gasteiger partial charge in [0.05, 0.1) is 5.25 Å². The van der Waals surface area contributed by atoms with E-state index in [0.717, 1.165) is 31.3 Å². The van der Waals surface area contributed by atoms with Gasteiger partial charge in [-0.25, -0.2) is 12.7 Å². The highest BCUT2D eigenvalue weighted by Crippen LogP contribution is 2.18. The van der Waals surface area contributed by atoms with Gasteiger partial charge in [0.2, 0.25) is 39.5 Å². The highest BCUT2D eigenvalue weighted by molar-refractivity contribution is 7.89. The predicted molar refractivity (Wildman–Crippen MR) is 290 cm³/mol. The molecule has 416 valence electrons. The van der Waals surface area contributed by atoms with Gasteiger partial charge in [-0.2, -0.15) is 10.1 Å². The van der Waals surface area contributed by atoms with Crippen molar-refractivity contribution in [1.29, 1.82) is 0 Å². The number of aryl methyl sites for hydroxylation is 1. The molecule has 2 aromatic heterocycles. The number of carbonyl (C=O) groups is 4. The molecule has 1 saturated carbocycles. The lowest BCUT2D eigenvalue weighted by molar-refractivity contribution is -0.125. The largest absolute Gasteiger partial charge is 0.354 e. The van der Waals surface area contributed by atoms with Crippen LogP contribution in [-0.2, 0) is 29.2 Å². The fourth-order valence-corrected chi connectivity index (χ4v) is 6.69. The molecule has 0 spiro atoms. The fourth-order valence-electron chi connectivity index (χ4n) is 5.85. The third-order valence-corrected chi connectivity index (χ3v) is 12.2. The Morgan fingerprint density at radius 2 is 1.24 bits per heavy atom. The van der Waals surface area contributed by atoms with Gasteiger partial charge in [0.1, 0.15) is 0 Å². The Balaban J connectivity index is -0.000000748. The fraction of sp³-hybridized carbons (Fsp3) is 0.824. The van der Waals surface area contributed by atoms with Crippen molar-refractivity contribution in [3.63, 3.8) is 0 Å². The molecule has 0 aromatic carbocycles. The molecule has 3 fully saturated rings.